The highest BCUT2D eigenvalue weighted by molar-refractivity contribution is 5.82. The second-order valence-electron chi connectivity index (χ2n) is 2.30. The summed E-state index contributed by atoms with van der Waals surface area (Å²) in [7, 11) is 0. The number of aromatic nitrogens is 1. The van der Waals surface area contributed by atoms with E-state index >= 15 is 0 Å². The van der Waals surface area contributed by atoms with E-state index in [1.807, 2.05) is 0 Å². The number of nitrogens with zero attached hydrogens (tertiary/aromatic N) is 1. The Labute approximate surface area is 67.7 Å². The largest absolute Gasteiger partial charge is 0.224 e. The van der Waals surface area contributed by atoms with Crippen LogP contribution in [0.4, 0.5) is 8.78 Å². The van der Waals surface area contributed by atoms with Crippen LogP contribution in [0.2, 0.25) is 0 Å². The SMILES string of the molecule is Fc1[c]ccc2c[c]nc(F)c12. The van der Waals surface area contributed by atoms with Gasteiger partial charge in [0.2, 0.25) is 5.95 Å². The number of rotatable bonds is 0. The zero-order valence-electron chi connectivity index (χ0n) is 5.94. The zero-order valence-corrected chi connectivity index (χ0v) is 5.94. The first-order valence-corrected chi connectivity index (χ1v) is 3.31. The van der Waals surface area contributed by atoms with Gasteiger partial charge in [-0.05, 0) is 11.5 Å². The first-order chi connectivity index (χ1) is 5.79. The second kappa shape index (κ2) is 2.52. The van der Waals surface area contributed by atoms with Crippen molar-refractivity contribution in [1.29, 1.82) is 0 Å². The molecule has 0 atom stereocenters. The first-order valence-electron chi connectivity index (χ1n) is 3.31. The highest BCUT2D eigenvalue weighted by atomic mass is 19.1. The Morgan fingerprint density at radius 2 is 2.17 bits per heavy atom. The standard InChI is InChI=1S/C9H3F2N/c10-7-3-1-2-6-4-5-12-9(11)8(6)7/h1-2,4H. The molecule has 58 valence electrons. The van der Waals surface area contributed by atoms with E-state index in [1.165, 1.54) is 12.1 Å². The molecule has 2 radical (unpaired) electrons. The molecule has 0 spiro atoms. The molecule has 1 aromatic carbocycles. The van der Waals surface area contributed by atoms with E-state index < -0.39 is 11.8 Å². The van der Waals surface area contributed by atoms with Gasteiger partial charge in [0, 0.05) is 6.07 Å². The summed E-state index contributed by atoms with van der Waals surface area (Å²) >= 11 is 0. The highest BCUT2D eigenvalue weighted by Crippen LogP contribution is 2.17. The van der Waals surface area contributed by atoms with Gasteiger partial charge in [0.25, 0.3) is 0 Å². The van der Waals surface area contributed by atoms with E-state index in [4.69, 9.17) is 0 Å². The molecule has 0 amide bonds. The molecule has 0 bridgehead atoms. The molecule has 0 saturated heterocycles. The van der Waals surface area contributed by atoms with Gasteiger partial charge in [0.05, 0.1) is 11.6 Å². The van der Waals surface area contributed by atoms with Gasteiger partial charge in [-0.2, -0.15) is 4.39 Å². The van der Waals surface area contributed by atoms with Crippen molar-refractivity contribution >= 4 is 10.8 Å². The van der Waals surface area contributed by atoms with Crippen LogP contribution in [0.5, 0.6) is 0 Å². The normalized spacial score (nSPS) is 10.5. The lowest BCUT2D eigenvalue weighted by molar-refractivity contribution is 0.578. The quantitative estimate of drug-likeness (QED) is 0.542. The van der Waals surface area contributed by atoms with Gasteiger partial charge in [-0.1, -0.05) is 12.1 Å². The third-order valence-electron chi connectivity index (χ3n) is 1.57. The molecule has 1 nitrogen and oxygen atoms in total. The Bertz CT molecular complexity index is 389. The second-order valence-corrected chi connectivity index (χ2v) is 2.30. The zero-order chi connectivity index (χ0) is 8.55. The van der Waals surface area contributed by atoms with Gasteiger partial charge in [0.1, 0.15) is 5.82 Å². The summed E-state index contributed by atoms with van der Waals surface area (Å²) in [6, 6.07) is 6.63. The first kappa shape index (κ1) is 7.16. The smallest absolute Gasteiger partial charge is 0.217 e. The summed E-state index contributed by atoms with van der Waals surface area (Å²) in [5.74, 6) is -1.56. The molecular formula is C9H3F2N. The van der Waals surface area contributed by atoms with Crippen molar-refractivity contribution < 1.29 is 8.78 Å². The lowest BCUT2D eigenvalue weighted by Crippen LogP contribution is -1.88. The molecule has 0 aliphatic rings. The van der Waals surface area contributed by atoms with Crippen LogP contribution in [0.3, 0.4) is 0 Å². The topological polar surface area (TPSA) is 12.9 Å². The number of pyridine rings is 1. The summed E-state index contributed by atoms with van der Waals surface area (Å²) in [6.07, 6.45) is 2.33. The molecule has 0 saturated carbocycles. The van der Waals surface area contributed by atoms with Crippen LogP contribution in [0, 0.1) is 24.0 Å². The Kier molecular flexibility index (Phi) is 1.50. The van der Waals surface area contributed by atoms with Gasteiger partial charge < -0.3 is 0 Å². The number of hydrogen-bond acceptors (Lipinski definition) is 1. The van der Waals surface area contributed by atoms with Crippen molar-refractivity contribution in [3.8, 4) is 0 Å². The van der Waals surface area contributed by atoms with Crippen LogP contribution in [-0.4, -0.2) is 4.98 Å². The summed E-state index contributed by atoms with van der Waals surface area (Å²) < 4.78 is 25.7. The van der Waals surface area contributed by atoms with E-state index in [0.717, 1.165) is 0 Å². The van der Waals surface area contributed by atoms with Crippen LogP contribution in [0.15, 0.2) is 18.2 Å². The fourth-order valence-corrected chi connectivity index (χ4v) is 1.03. The third kappa shape index (κ3) is 0.942. The summed E-state index contributed by atoms with van der Waals surface area (Å²) in [5, 5.41) is 0.315. The Balaban J connectivity index is 2.96. The van der Waals surface area contributed by atoms with Crippen LogP contribution in [0.1, 0.15) is 0 Å². The van der Waals surface area contributed by atoms with Gasteiger partial charge in [-0.3, -0.25) is 0 Å². The molecule has 12 heavy (non-hydrogen) atoms. The van der Waals surface area contributed by atoms with E-state index in [1.54, 1.807) is 6.07 Å². The molecule has 2 aromatic rings. The molecule has 0 unspecified atom stereocenters. The van der Waals surface area contributed by atoms with E-state index in [2.05, 4.69) is 17.2 Å². The highest BCUT2D eigenvalue weighted by Gasteiger charge is 2.05. The molecule has 0 N–H and O–H groups in total. The van der Waals surface area contributed by atoms with Crippen molar-refractivity contribution in [1.82, 2.24) is 4.98 Å². The van der Waals surface area contributed by atoms with Gasteiger partial charge >= 0.3 is 0 Å². The maximum atomic E-state index is 12.9. The average molecular weight is 163 g/mol. The van der Waals surface area contributed by atoms with Crippen LogP contribution in [-0.2, 0) is 0 Å². The number of benzene rings is 1. The van der Waals surface area contributed by atoms with Crippen molar-refractivity contribution in [2.24, 2.45) is 0 Å². The maximum Gasteiger partial charge on any atom is 0.224 e. The predicted octanol–water partition coefficient (Wildman–Crippen LogP) is 2.11. The fraction of sp³-hybridized carbons (Fsp3) is 0. The minimum absolute atomic E-state index is 0.128. The summed E-state index contributed by atoms with van der Waals surface area (Å²) in [6.45, 7) is 0. The fourth-order valence-electron chi connectivity index (χ4n) is 1.03. The van der Waals surface area contributed by atoms with Crippen molar-refractivity contribution in [3.63, 3.8) is 0 Å². The molecular weight excluding hydrogens is 160 g/mol. The van der Waals surface area contributed by atoms with E-state index in [-0.39, 0.29) is 5.39 Å². The van der Waals surface area contributed by atoms with Crippen LogP contribution >= 0.6 is 0 Å². The molecule has 2 rings (SSSR count). The Hall–Kier alpha value is -1.51. The van der Waals surface area contributed by atoms with E-state index in [0.29, 0.717) is 5.39 Å². The molecule has 1 heterocycles. The molecule has 0 fully saturated rings. The van der Waals surface area contributed by atoms with Crippen LogP contribution < -0.4 is 0 Å². The molecule has 3 heteroatoms. The molecule has 1 aromatic heterocycles. The molecule has 0 aliphatic heterocycles. The lowest BCUT2D eigenvalue weighted by Gasteiger charge is -1.97. The minimum atomic E-state index is -0.846. The van der Waals surface area contributed by atoms with Gasteiger partial charge in [-0.25, -0.2) is 9.37 Å². The Morgan fingerprint density at radius 1 is 1.33 bits per heavy atom. The Morgan fingerprint density at radius 3 is 2.92 bits per heavy atom. The molecule has 0 aliphatic carbocycles. The van der Waals surface area contributed by atoms with Crippen molar-refractivity contribution in [2.75, 3.05) is 0 Å². The van der Waals surface area contributed by atoms with Crippen LogP contribution in [0.25, 0.3) is 10.8 Å². The minimum Gasteiger partial charge on any atom is -0.217 e. The van der Waals surface area contributed by atoms with Gasteiger partial charge in [-0.15, -0.1) is 0 Å². The number of fused-ring (bicyclic) bond motifs is 1. The maximum absolute atomic E-state index is 12.9. The summed E-state index contributed by atoms with van der Waals surface area (Å²) in [4.78, 5) is 3.22. The lowest BCUT2D eigenvalue weighted by atomic mass is 10.2. The van der Waals surface area contributed by atoms with Crippen molar-refractivity contribution in [3.05, 3.63) is 42.2 Å². The third-order valence-corrected chi connectivity index (χ3v) is 1.57. The number of halogens is 2. The van der Waals surface area contributed by atoms with E-state index in [9.17, 15) is 8.78 Å². The number of hydrogen-bond donors (Lipinski definition) is 0. The summed E-state index contributed by atoms with van der Waals surface area (Å²) in [5.41, 5.74) is 0. The van der Waals surface area contributed by atoms with Crippen molar-refractivity contribution in [2.45, 2.75) is 0 Å². The van der Waals surface area contributed by atoms with Gasteiger partial charge in [0.15, 0.2) is 0 Å². The monoisotopic (exact) mass is 163 g/mol. The predicted molar refractivity (Wildman–Crippen MR) is 39.3 cm³/mol. The average Bonchev–Trinajstić information content (AvgIpc) is 2.04.